The van der Waals surface area contributed by atoms with Gasteiger partial charge in [-0.05, 0) is 26.7 Å². The van der Waals surface area contributed by atoms with Crippen LogP contribution in [0, 0.1) is 11.3 Å². The van der Waals surface area contributed by atoms with Gasteiger partial charge in [0.2, 0.25) is 0 Å². The summed E-state index contributed by atoms with van der Waals surface area (Å²) in [5, 5.41) is 13.9. The minimum atomic E-state index is 0.376. The van der Waals surface area contributed by atoms with Gasteiger partial charge < -0.3 is 10.6 Å². The lowest BCUT2D eigenvalue weighted by Gasteiger charge is -2.18. The number of aromatic nitrogens is 2. The summed E-state index contributed by atoms with van der Waals surface area (Å²) in [5.74, 6) is 1.28. The number of hydrogen-bond donors (Lipinski definition) is 1. The Kier molecular flexibility index (Phi) is 3.75. The standard InChI is InChI=1S/C13H21N5/c1-3-17(4-2)13-11(9-14)12(15)18(16-13)10-7-5-6-8-10/h10H,3-8,15H2,1-2H3. The maximum Gasteiger partial charge on any atom is 0.170 e. The molecule has 1 heterocycles. The Balaban J connectivity index is 2.41. The highest BCUT2D eigenvalue weighted by atomic mass is 15.4. The number of rotatable bonds is 4. The molecular formula is C13H21N5. The summed E-state index contributed by atoms with van der Waals surface area (Å²) in [5.41, 5.74) is 6.63. The van der Waals surface area contributed by atoms with E-state index in [9.17, 15) is 5.26 Å². The van der Waals surface area contributed by atoms with Crippen molar-refractivity contribution >= 4 is 11.6 Å². The molecule has 1 aromatic heterocycles. The van der Waals surface area contributed by atoms with Gasteiger partial charge in [-0.2, -0.15) is 10.4 Å². The number of nitrogens with zero attached hydrogens (tertiary/aromatic N) is 4. The molecule has 1 fully saturated rings. The van der Waals surface area contributed by atoms with Crippen molar-refractivity contribution in [1.29, 1.82) is 5.26 Å². The number of nitriles is 1. The van der Waals surface area contributed by atoms with Crippen LogP contribution in [0.1, 0.15) is 51.1 Å². The summed E-state index contributed by atoms with van der Waals surface area (Å²) in [6, 6.07) is 2.58. The van der Waals surface area contributed by atoms with E-state index in [1.165, 1.54) is 12.8 Å². The molecule has 0 spiro atoms. The summed E-state index contributed by atoms with van der Waals surface area (Å²) in [6.07, 6.45) is 4.70. The maximum absolute atomic E-state index is 9.29. The van der Waals surface area contributed by atoms with Gasteiger partial charge in [0, 0.05) is 13.1 Å². The van der Waals surface area contributed by atoms with Crippen molar-refractivity contribution in [3.8, 4) is 6.07 Å². The quantitative estimate of drug-likeness (QED) is 0.886. The van der Waals surface area contributed by atoms with Crippen molar-refractivity contribution in [3.63, 3.8) is 0 Å². The fourth-order valence-electron chi connectivity index (χ4n) is 2.71. The second-order valence-electron chi connectivity index (χ2n) is 4.75. The molecule has 98 valence electrons. The topological polar surface area (TPSA) is 70.9 Å². The number of hydrogen-bond acceptors (Lipinski definition) is 4. The Morgan fingerprint density at radius 2 is 2.00 bits per heavy atom. The second kappa shape index (κ2) is 5.30. The van der Waals surface area contributed by atoms with Crippen molar-refractivity contribution in [3.05, 3.63) is 5.56 Å². The molecule has 0 aliphatic heterocycles. The molecule has 2 N–H and O–H groups in total. The van der Waals surface area contributed by atoms with Crippen molar-refractivity contribution in [2.45, 2.75) is 45.6 Å². The predicted octanol–water partition coefficient (Wildman–Crippen LogP) is 2.30. The number of anilines is 2. The SMILES string of the molecule is CCN(CC)c1nn(C2CCCC2)c(N)c1C#N. The summed E-state index contributed by atoms with van der Waals surface area (Å²) >= 11 is 0. The Morgan fingerprint density at radius 1 is 1.39 bits per heavy atom. The number of nitrogen functional groups attached to an aromatic ring is 1. The first-order chi connectivity index (χ1) is 8.72. The fourth-order valence-corrected chi connectivity index (χ4v) is 2.71. The van der Waals surface area contributed by atoms with Crippen LogP contribution in [0.25, 0.3) is 0 Å². The van der Waals surface area contributed by atoms with E-state index in [4.69, 9.17) is 5.73 Å². The van der Waals surface area contributed by atoms with Crippen LogP contribution in [0.5, 0.6) is 0 Å². The molecule has 5 heteroatoms. The zero-order chi connectivity index (χ0) is 13.1. The zero-order valence-corrected chi connectivity index (χ0v) is 11.2. The van der Waals surface area contributed by atoms with Crippen molar-refractivity contribution in [2.24, 2.45) is 0 Å². The normalized spacial score (nSPS) is 15.8. The Labute approximate surface area is 108 Å². The molecule has 5 nitrogen and oxygen atoms in total. The molecule has 0 saturated heterocycles. The Hall–Kier alpha value is -1.70. The predicted molar refractivity (Wildman–Crippen MR) is 72.4 cm³/mol. The Bertz CT molecular complexity index is 447. The summed E-state index contributed by atoms with van der Waals surface area (Å²) in [7, 11) is 0. The third-order valence-corrected chi connectivity index (χ3v) is 3.77. The molecule has 2 rings (SSSR count). The first-order valence-corrected chi connectivity index (χ1v) is 6.75. The summed E-state index contributed by atoms with van der Waals surface area (Å²) in [6.45, 7) is 5.81. The molecule has 1 aliphatic carbocycles. The van der Waals surface area contributed by atoms with Gasteiger partial charge in [0.25, 0.3) is 0 Å². The van der Waals surface area contributed by atoms with Gasteiger partial charge >= 0.3 is 0 Å². The minimum Gasteiger partial charge on any atom is -0.383 e. The smallest absolute Gasteiger partial charge is 0.170 e. The third kappa shape index (κ3) is 2.03. The van der Waals surface area contributed by atoms with Gasteiger partial charge in [-0.3, -0.25) is 0 Å². The third-order valence-electron chi connectivity index (χ3n) is 3.77. The van der Waals surface area contributed by atoms with Crippen LogP contribution < -0.4 is 10.6 Å². The van der Waals surface area contributed by atoms with E-state index < -0.39 is 0 Å². The highest BCUT2D eigenvalue weighted by Crippen LogP contribution is 2.34. The molecule has 0 atom stereocenters. The summed E-state index contributed by atoms with van der Waals surface area (Å²) < 4.78 is 1.87. The van der Waals surface area contributed by atoms with Gasteiger partial charge in [-0.15, -0.1) is 0 Å². The largest absolute Gasteiger partial charge is 0.383 e. The van der Waals surface area contributed by atoms with Crippen LogP contribution in [0.2, 0.25) is 0 Å². The van der Waals surface area contributed by atoms with Crippen LogP contribution in [-0.4, -0.2) is 22.9 Å². The Morgan fingerprint density at radius 3 is 2.50 bits per heavy atom. The first-order valence-electron chi connectivity index (χ1n) is 6.75. The average Bonchev–Trinajstić information content (AvgIpc) is 2.99. The van der Waals surface area contributed by atoms with E-state index in [2.05, 4.69) is 29.9 Å². The molecule has 1 aromatic rings. The molecule has 0 amide bonds. The van der Waals surface area contributed by atoms with E-state index in [1.54, 1.807) is 0 Å². The van der Waals surface area contributed by atoms with Crippen LogP contribution in [-0.2, 0) is 0 Å². The molecule has 1 saturated carbocycles. The van der Waals surface area contributed by atoms with Crippen LogP contribution in [0.3, 0.4) is 0 Å². The highest BCUT2D eigenvalue weighted by Gasteiger charge is 2.25. The van der Waals surface area contributed by atoms with Gasteiger partial charge in [0.1, 0.15) is 17.5 Å². The van der Waals surface area contributed by atoms with Crippen molar-refractivity contribution < 1.29 is 0 Å². The lowest BCUT2D eigenvalue weighted by Crippen LogP contribution is -2.23. The molecule has 0 aromatic carbocycles. The van der Waals surface area contributed by atoms with Gasteiger partial charge in [0.05, 0.1) is 6.04 Å². The van der Waals surface area contributed by atoms with Crippen LogP contribution >= 0.6 is 0 Å². The molecule has 18 heavy (non-hydrogen) atoms. The van der Waals surface area contributed by atoms with E-state index >= 15 is 0 Å². The van der Waals surface area contributed by atoms with E-state index in [-0.39, 0.29) is 0 Å². The lowest BCUT2D eigenvalue weighted by molar-refractivity contribution is 0.473. The van der Waals surface area contributed by atoms with Crippen molar-refractivity contribution in [1.82, 2.24) is 9.78 Å². The lowest BCUT2D eigenvalue weighted by atomic mass is 10.2. The second-order valence-corrected chi connectivity index (χ2v) is 4.75. The number of nitrogens with two attached hydrogens (primary N) is 1. The van der Waals surface area contributed by atoms with E-state index in [0.29, 0.717) is 17.4 Å². The van der Waals surface area contributed by atoms with Crippen molar-refractivity contribution in [2.75, 3.05) is 23.7 Å². The monoisotopic (exact) mass is 247 g/mol. The van der Waals surface area contributed by atoms with Crippen LogP contribution in [0.4, 0.5) is 11.6 Å². The molecule has 1 aliphatic rings. The van der Waals surface area contributed by atoms with E-state index in [1.807, 2.05) is 4.68 Å². The van der Waals surface area contributed by atoms with Crippen LogP contribution in [0.15, 0.2) is 0 Å². The highest BCUT2D eigenvalue weighted by molar-refractivity contribution is 5.65. The molecule has 0 radical (unpaired) electrons. The first kappa shape index (κ1) is 12.7. The fraction of sp³-hybridized carbons (Fsp3) is 0.692. The zero-order valence-electron chi connectivity index (χ0n) is 11.2. The average molecular weight is 247 g/mol. The summed E-state index contributed by atoms with van der Waals surface area (Å²) in [4.78, 5) is 2.08. The molecular weight excluding hydrogens is 226 g/mol. The molecule has 0 bridgehead atoms. The molecule has 0 unspecified atom stereocenters. The van der Waals surface area contributed by atoms with Gasteiger partial charge in [-0.1, -0.05) is 12.8 Å². The van der Waals surface area contributed by atoms with E-state index in [0.717, 1.165) is 31.7 Å². The minimum absolute atomic E-state index is 0.376. The van der Waals surface area contributed by atoms with Gasteiger partial charge in [-0.25, -0.2) is 4.68 Å². The van der Waals surface area contributed by atoms with Gasteiger partial charge in [0.15, 0.2) is 5.82 Å². The maximum atomic E-state index is 9.29.